The predicted octanol–water partition coefficient (Wildman–Crippen LogP) is 2.74. The standard InChI is InChI=1S/C11H18O/c1-9-5-4-8-11(9,3)10(2,12-8)7-6-9/h8H,4-7H2,1-3H3. The Balaban J connectivity index is 2.13. The lowest BCUT2D eigenvalue weighted by Gasteiger charge is -2.59. The van der Waals surface area contributed by atoms with Crippen LogP contribution in [-0.4, -0.2) is 11.7 Å². The zero-order valence-electron chi connectivity index (χ0n) is 8.31. The Hall–Kier alpha value is -0.0400. The fraction of sp³-hybridized carbons (Fsp3) is 1.00. The molecule has 1 nitrogen and oxygen atoms in total. The minimum atomic E-state index is 0.239. The second kappa shape index (κ2) is 1.61. The van der Waals surface area contributed by atoms with Gasteiger partial charge in [-0.25, -0.2) is 0 Å². The molecule has 2 saturated carbocycles. The third kappa shape index (κ3) is 0.454. The van der Waals surface area contributed by atoms with Gasteiger partial charge >= 0.3 is 0 Å². The summed E-state index contributed by atoms with van der Waals surface area (Å²) in [6.45, 7) is 7.25. The lowest BCUT2D eigenvalue weighted by molar-refractivity contribution is -0.294. The number of rotatable bonds is 0. The van der Waals surface area contributed by atoms with E-state index in [0.29, 0.717) is 16.9 Å². The molecule has 0 spiro atoms. The van der Waals surface area contributed by atoms with Crippen LogP contribution in [0.15, 0.2) is 0 Å². The van der Waals surface area contributed by atoms with E-state index in [9.17, 15) is 0 Å². The van der Waals surface area contributed by atoms with Crippen LogP contribution in [0.4, 0.5) is 0 Å². The van der Waals surface area contributed by atoms with Gasteiger partial charge in [0.15, 0.2) is 0 Å². The third-order valence-corrected chi connectivity index (χ3v) is 5.51. The van der Waals surface area contributed by atoms with Crippen LogP contribution in [0.1, 0.15) is 46.5 Å². The Kier molecular flexibility index (Phi) is 0.991. The molecule has 3 fully saturated rings. The van der Waals surface area contributed by atoms with Gasteiger partial charge in [-0.15, -0.1) is 0 Å². The molecule has 0 aromatic rings. The first-order chi connectivity index (χ1) is 5.52. The highest BCUT2D eigenvalue weighted by atomic mass is 16.5. The molecule has 3 rings (SSSR count). The van der Waals surface area contributed by atoms with Gasteiger partial charge in [0, 0.05) is 5.41 Å². The van der Waals surface area contributed by atoms with Crippen molar-refractivity contribution in [1.82, 2.24) is 0 Å². The second-order valence-electron chi connectivity index (χ2n) is 5.64. The zero-order valence-corrected chi connectivity index (χ0v) is 8.31. The van der Waals surface area contributed by atoms with E-state index >= 15 is 0 Å². The lowest BCUT2D eigenvalue weighted by Crippen LogP contribution is -2.64. The molecule has 3 aliphatic rings. The maximum Gasteiger partial charge on any atom is 0.0742 e. The van der Waals surface area contributed by atoms with Crippen molar-refractivity contribution in [3.8, 4) is 0 Å². The molecule has 68 valence electrons. The molecule has 4 unspecified atom stereocenters. The maximum atomic E-state index is 6.01. The molecule has 0 aromatic heterocycles. The van der Waals surface area contributed by atoms with Gasteiger partial charge in [-0.2, -0.15) is 0 Å². The average molecular weight is 166 g/mol. The first-order valence-electron chi connectivity index (χ1n) is 5.20. The van der Waals surface area contributed by atoms with E-state index in [2.05, 4.69) is 20.8 Å². The number of hydrogen-bond donors (Lipinski definition) is 0. The Morgan fingerprint density at radius 3 is 2.50 bits per heavy atom. The Labute approximate surface area is 74.5 Å². The maximum absolute atomic E-state index is 6.01. The van der Waals surface area contributed by atoms with Crippen LogP contribution in [0.3, 0.4) is 0 Å². The summed E-state index contributed by atoms with van der Waals surface area (Å²) < 4.78 is 6.01. The first kappa shape index (κ1) is 7.37. The molecule has 2 aliphatic carbocycles. The Morgan fingerprint density at radius 1 is 1.08 bits per heavy atom. The molecular formula is C11H18O. The largest absolute Gasteiger partial charge is 0.371 e. The van der Waals surface area contributed by atoms with Crippen molar-refractivity contribution < 1.29 is 4.74 Å². The molecule has 1 heteroatoms. The monoisotopic (exact) mass is 166 g/mol. The molecule has 0 amide bonds. The van der Waals surface area contributed by atoms with Gasteiger partial charge < -0.3 is 4.74 Å². The van der Waals surface area contributed by atoms with Crippen molar-refractivity contribution in [3.63, 3.8) is 0 Å². The molecular weight excluding hydrogens is 148 g/mol. The van der Waals surface area contributed by atoms with Gasteiger partial charge in [0.05, 0.1) is 11.7 Å². The van der Waals surface area contributed by atoms with Crippen LogP contribution in [0.2, 0.25) is 0 Å². The first-order valence-corrected chi connectivity index (χ1v) is 5.20. The van der Waals surface area contributed by atoms with Gasteiger partial charge in [0.2, 0.25) is 0 Å². The fourth-order valence-electron chi connectivity index (χ4n) is 4.14. The molecule has 12 heavy (non-hydrogen) atoms. The van der Waals surface area contributed by atoms with E-state index in [0.717, 1.165) is 0 Å². The Bertz CT molecular complexity index is 245. The minimum Gasteiger partial charge on any atom is -0.371 e. The van der Waals surface area contributed by atoms with Crippen LogP contribution < -0.4 is 0 Å². The van der Waals surface area contributed by atoms with Crippen LogP contribution in [0, 0.1) is 10.8 Å². The van der Waals surface area contributed by atoms with E-state index in [4.69, 9.17) is 4.74 Å². The van der Waals surface area contributed by atoms with Crippen LogP contribution in [0.5, 0.6) is 0 Å². The fourth-order valence-corrected chi connectivity index (χ4v) is 4.14. The van der Waals surface area contributed by atoms with E-state index in [1.807, 2.05) is 0 Å². The molecule has 0 N–H and O–H groups in total. The van der Waals surface area contributed by atoms with Crippen LogP contribution >= 0.6 is 0 Å². The van der Waals surface area contributed by atoms with Gasteiger partial charge in [0.1, 0.15) is 0 Å². The molecule has 1 heterocycles. The van der Waals surface area contributed by atoms with Crippen molar-refractivity contribution in [2.45, 2.75) is 58.2 Å². The SMILES string of the molecule is CC12CCC3OC(C)(CC1)C32C. The number of hydrogen-bond acceptors (Lipinski definition) is 1. The van der Waals surface area contributed by atoms with Gasteiger partial charge in [-0.05, 0) is 38.0 Å². The van der Waals surface area contributed by atoms with Crippen molar-refractivity contribution in [3.05, 3.63) is 0 Å². The van der Waals surface area contributed by atoms with E-state index in [-0.39, 0.29) is 5.60 Å². The summed E-state index contributed by atoms with van der Waals surface area (Å²) in [6, 6.07) is 0. The van der Waals surface area contributed by atoms with Crippen molar-refractivity contribution in [2.75, 3.05) is 0 Å². The van der Waals surface area contributed by atoms with Crippen molar-refractivity contribution >= 4 is 0 Å². The number of ether oxygens (including phenoxy) is 1. The smallest absolute Gasteiger partial charge is 0.0742 e. The summed E-state index contributed by atoms with van der Waals surface area (Å²) in [4.78, 5) is 0. The third-order valence-electron chi connectivity index (χ3n) is 5.51. The van der Waals surface area contributed by atoms with E-state index < -0.39 is 0 Å². The summed E-state index contributed by atoms with van der Waals surface area (Å²) >= 11 is 0. The topological polar surface area (TPSA) is 9.23 Å². The van der Waals surface area contributed by atoms with Gasteiger partial charge in [-0.1, -0.05) is 13.8 Å². The lowest BCUT2D eigenvalue weighted by atomic mass is 9.61. The normalized spacial score (nSPS) is 67.8. The van der Waals surface area contributed by atoms with Crippen LogP contribution in [0.25, 0.3) is 0 Å². The predicted molar refractivity (Wildman–Crippen MR) is 48.0 cm³/mol. The van der Waals surface area contributed by atoms with Gasteiger partial charge in [-0.3, -0.25) is 0 Å². The summed E-state index contributed by atoms with van der Waals surface area (Å²) in [5, 5.41) is 0. The summed E-state index contributed by atoms with van der Waals surface area (Å²) in [5.74, 6) is 0. The molecule has 0 aromatic carbocycles. The van der Waals surface area contributed by atoms with Crippen LogP contribution in [-0.2, 0) is 4.74 Å². The zero-order chi connectivity index (χ0) is 8.61. The molecule has 4 atom stereocenters. The molecule has 1 saturated heterocycles. The molecule has 0 bridgehead atoms. The van der Waals surface area contributed by atoms with E-state index in [1.54, 1.807) is 0 Å². The molecule has 0 radical (unpaired) electrons. The van der Waals surface area contributed by atoms with E-state index in [1.165, 1.54) is 25.7 Å². The highest BCUT2D eigenvalue weighted by Crippen LogP contribution is 2.74. The van der Waals surface area contributed by atoms with Crippen molar-refractivity contribution in [1.29, 1.82) is 0 Å². The highest BCUT2D eigenvalue weighted by Gasteiger charge is 2.75. The van der Waals surface area contributed by atoms with Crippen molar-refractivity contribution in [2.24, 2.45) is 10.8 Å². The average Bonchev–Trinajstić information content (AvgIpc) is 2.30. The summed E-state index contributed by atoms with van der Waals surface area (Å²) in [6.07, 6.45) is 5.97. The Morgan fingerprint density at radius 2 is 1.83 bits per heavy atom. The highest BCUT2D eigenvalue weighted by molar-refractivity contribution is 5.23. The summed E-state index contributed by atoms with van der Waals surface area (Å²) in [7, 11) is 0. The summed E-state index contributed by atoms with van der Waals surface area (Å²) in [5.41, 5.74) is 1.35. The van der Waals surface area contributed by atoms with Gasteiger partial charge in [0.25, 0.3) is 0 Å². The minimum absolute atomic E-state index is 0.239. The molecule has 1 aliphatic heterocycles. The quantitative estimate of drug-likeness (QED) is 0.537. The second-order valence-corrected chi connectivity index (χ2v) is 5.64.